The number of phenolic OH excluding ortho intramolecular Hbond substituents is 1. The van der Waals surface area contributed by atoms with Gasteiger partial charge in [-0.3, -0.25) is 9.59 Å². The first-order valence-corrected chi connectivity index (χ1v) is 3.83. The molecule has 1 heterocycles. The summed E-state index contributed by atoms with van der Waals surface area (Å²) in [6.07, 6.45) is -0.0130. The zero-order valence-electron chi connectivity index (χ0n) is 6.73. The van der Waals surface area contributed by atoms with Crippen molar-refractivity contribution in [1.29, 1.82) is 0 Å². The molecule has 1 aromatic carbocycles. The lowest BCUT2D eigenvalue weighted by atomic mass is 10.1. The molecule has 2 rings (SSSR count). The molecule has 1 saturated heterocycles. The van der Waals surface area contributed by atoms with Crippen molar-refractivity contribution in [3.63, 3.8) is 0 Å². The normalized spacial score (nSPS) is 15.8. The molecule has 1 aliphatic heterocycles. The van der Waals surface area contributed by atoms with Gasteiger partial charge in [0, 0.05) is 0 Å². The number of β-lactam (4-membered cyclic amide) rings is 2. The Labute approximate surface area is 74.4 Å². The van der Waals surface area contributed by atoms with Crippen molar-refractivity contribution in [3.05, 3.63) is 24.3 Å². The van der Waals surface area contributed by atoms with Crippen LogP contribution in [0.5, 0.6) is 5.75 Å². The maximum absolute atomic E-state index is 11.0. The number of anilines is 1. The summed E-state index contributed by atoms with van der Waals surface area (Å²) < 4.78 is 0. The lowest BCUT2D eigenvalue weighted by molar-refractivity contribution is -0.136. The summed E-state index contributed by atoms with van der Waals surface area (Å²) in [5.41, 5.74) is 0.513. The van der Waals surface area contributed by atoms with Gasteiger partial charge in [-0.15, -0.1) is 0 Å². The molecule has 0 unspecified atom stereocenters. The minimum Gasteiger partial charge on any atom is -0.508 e. The first kappa shape index (κ1) is 7.79. The third-order valence-corrected chi connectivity index (χ3v) is 1.91. The molecule has 1 aliphatic rings. The summed E-state index contributed by atoms with van der Waals surface area (Å²) >= 11 is 0. The molecule has 1 N–H and O–H groups in total. The molecule has 1 aromatic rings. The molecule has 0 aliphatic carbocycles. The van der Waals surface area contributed by atoms with Crippen LogP contribution in [0.1, 0.15) is 6.42 Å². The van der Waals surface area contributed by atoms with E-state index in [1.54, 1.807) is 0 Å². The Hall–Kier alpha value is -1.84. The van der Waals surface area contributed by atoms with E-state index in [2.05, 4.69) is 0 Å². The van der Waals surface area contributed by atoms with Crippen LogP contribution in [0, 0.1) is 0 Å². The van der Waals surface area contributed by atoms with Gasteiger partial charge in [0.05, 0.1) is 5.69 Å². The van der Waals surface area contributed by atoms with Gasteiger partial charge in [0.1, 0.15) is 12.2 Å². The van der Waals surface area contributed by atoms with E-state index in [1.807, 2.05) is 0 Å². The lowest BCUT2D eigenvalue weighted by Crippen LogP contribution is -2.49. The minimum atomic E-state index is -0.198. The van der Waals surface area contributed by atoms with Crippen LogP contribution < -0.4 is 4.90 Å². The van der Waals surface area contributed by atoms with Crippen molar-refractivity contribution >= 4 is 17.5 Å². The lowest BCUT2D eigenvalue weighted by Gasteiger charge is -2.28. The highest BCUT2D eigenvalue weighted by molar-refractivity contribution is 6.30. The summed E-state index contributed by atoms with van der Waals surface area (Å²) in [7, 11) is 0. The quantitative estimate of drug-likeness (QED) is 0.506. The van der Waals surface area contributed by atoms with E-state index < -0.39 is 0 Å². The molecule has 0 saturated carbocycles. The van der Waals surface area contributed by atoms with E-state index in [0.717, 1.165) is 4.90 Å². The predicted octanol–water partition coefficient (Wildman–Crippen LogP) is 0.655. The molecule has 0 bridgehead atoms. The van der Waals surface area contributed by atoms with Crippen molar-refractivity contribution < 1.29 is 14.7 Å². The molecular weight excluding hydrogens is 170 g/mol. The Morgan fingerprint density at radius 3 is 2.08 bits per heavy atom. The fourth-order valence-corrected chi connectivity index (χ4v) is 1.22. The number of nitrogens with zero attached hydrogens (tertiary/aromatic N) is 1. The van der Waals surface area contributed by atoms with Crippen LogP contribution in [0.15, 0.2) is 24.3 Å². The largest absolute Gasteiger partial charge is 0.508 e. The van der Waals surface area contributed by atoms with E-state index in [1.165, 1.54) is 24.3 Å². The number of amides is 2. The van der Waals surface area contributed by atoms with Crippen molar-refractivity contribution in [2.75, 3.05) is 4.90 Å². The van der Waals surface area contributed by atoms with Crippen molar-refractivity contribution in [1.82, 2.24) is 0 Å². The molecule has 66 valence electrons. The van der Waals surface area contributed by atoms with Crippen molar-refractivity contribution in [2.45, 2.75) is 6.42 Å². The highest BCUT2D eigenvalue weighted by Crippen LogP contribution is 2.24. The first-order valence-electron chi connectivity index (χ1n) is 3.83. The fraction of sp³-hybridized carbons (Fsp3) is 0.111. The van der Waals surface area contributed by atoms with Crippen LogP contribution in [-0.4, -0.2) is 16.9 Å². The van der Waals surface area contributed by atoms with Crippen LogP contribution >= 0.6 is 0 Å². The topological polar surface area (TPSA) is 57.6 Å². The van der Waals surface area contributed by atoms with Gasteiger partial charge in [0.15, 0.2) is 0 Å². The number of hydrogen-bond acceptors (Lipinski definition) is 3. The maximum Gasteiger partial charge on any atom is 0.243 e. The number of benzene rings is 1. The third-order valence-electron chi connectivity index (χ3n) is 1.91. The van der Waals surface area contributed by atoms with Gasteiger partial charge in [-0.05, 0) is 24.3 Å². The van der Waals surface area contributed by atoms with Crippen LogP contribution in [-0.2, 0) is 9.59 Å². The van der Waals surface area contributed by atoms with E-state index in [4.69, 9.17) is 5.11 Å². The number of carbonyl (C=O) groups is 2. The number of hydrogen-bond donors (Lipinski definition) is 1. The molecule has 0 aromatic heterocycles. The average Bonchev–Trinajstić information content (AvgIpc) is 2.09. The summed E-state index contributed by atoms with van der Waals surface area (Å²) in [6, 6.07) is 5.94. The number of rotatable bonds is 1. The SMILES string of the molecule is O=C1CC(=O)N1c1ccc(O)cc1. The van der Waals surface area contributed by atoms with E-state index in [0.29, 0.717) is 5.69 Å². The minimum absolute atomic E-state index is 0.0130. The number of phenols is 1. The van der Waals surface area contributed by atoms with Crippen molar-refractivity contribution in [2.24, 2.45) is 0 Å². The van der Waals surface area contributed by atoms with Crippen molar-refractivity contribution in [3.8, 4) is 5.75 Å². The summed E-state index contributed by atoms with van der Waals surface area (Å²) in [5, 5.41) is 8.97. The summed E-state index contributed by atoms with van der Waals surface area (Å²) in [5.74, 6) is -0.282. The zero-order valence-corrected chi connectivity index (χ0v) is 6.73. The van der Waals surface area contributed by atoms with Gasteiger partial charge in [-0.1, -0.05) is 0 Å². The maximum atomic E-state index is 11.0. The van der Waals surface area contributed by atoms with Gasteiger partial charge in [-0.2, -0.15) is 0 Å². The van der Waals surface area contributed by atoms with E-state index in [-0.39, 0.29) is 24.0 Å². The Morgan fingerprint density at radius 1 is 1.08 bits per heavy atom. The highest BCUT2D eigenvalue weighted by Gasteiger charge is 2.35. The number of imide groups is 1. The molecule has 1 fully saturated rings. The summed E-state index contributed by atoms with van der Waals surface area (Å²) in [6.45, 7) is 0. The Balaban J connectivity index is 2.30. The highest BCUT2D eigenvalue weighted by atomic mass is 16.3. The van der Waals surface area contributed by atoms with E-state index >= 15 is 0 Å². The van der Waals surface area contributed by atoms with Gasteiger partial charge in [0.2, 0.25) is 11.8 Å². The smallest absolute Gasteiger partial charge is 0.243 e. The zero-order chi connectivity index (χ0) is 9.42. The fourth-order valence-electron chi connectivity index (χ4n) is 1.22. The third kappa shape index (κ3) is 1.16. The number of aromatic hydroxyl groups is 1. The Kier molecular flexibility index (Phi) is 1.55. The number of carbonyl (C=O) groups excluding carboxylic acids is 2. The van der Waals surface area contributed by atoms with Crippen LogP contribution in [0.4, 0.5) is 5.69 Å². The van der Waals surface area contributed by atoms with Crippen LogP contribution in [0.25, 0.3) is 0 Å². The average molecular weight is 177 g/mol. The first-order chi connectivity index (χ1) is 6.18. The second-order valence-corrected chi connectivity index (χ2v) is 2.82. The van der Waals surface area contributed by atoms with Gasteiger partial charge in [0.25, 0.3) is 0 Å². The standard InChI is InChI=1S/C9H7NO3/c11-7-3-1-6(2-4-7)10-8(12)5-9(10)13/h1-4,11H,5H2. The molecule has 4 heteroatoms. The monoisotopic (exact) mass is 177 g/mol. The van der Waals surface area contributed by atoms with Crippen LogP contribution in [0.2, 0.25) is 0 Å². The van der Waals surface area contributed by atoms with Gasteiger partial charge < -0.3 is 5.11 Å². The Bertz CT molecular complexity index is 355. The Morgan fingerprint density at radius 2 is 1.62 bits per heavy atom. The van der Waals surface area contributed by atoms with E-state index in [9.17, 15) is 9.59 Å². The molecular formula is C9H7NO3. The van der Waals surface area contributed by atoms with Gasteiger partial charge >= 0.3 is 0 Å². The predicted molar refractivity (Wildman–Crippen MR) is 45.2 cm³/mol. The second-order valence-electron chi connectivity index (χ2n) is 2.82. The molecule has 0 atom stereocenters. The molecule has 0 spiro atoms. The molecule has 0 radical (unpaired) electrons. The van der Waals surface area contributed by atoms with Crippen LogP contribution in [0.3, 0.4) is 0 Å². The molecule has 2 amide bonds. The van der Waals surface area contributed by atoms with Gasteiger partial charge in [-0.25, -0.2) is 4.90 Å². The molecule has 4 nitrogen and oxygen atoms in total. The summed E-state index contributed by atoms with van der Waals surface area (Å²) in [4.78, 5) is 23.0. The second kappa shape index (κ2) is 2.58. The molecule has 13 heavy (non-hydrogen) atoms.